The van der Waals surface area contributed by atoms with Crippen LogP contribution in [0.2, 0.25) is 5.02 Å². The highest BCUT2D eigenvalue weighted by molar-refractivity contribution is 6.34. The minimum atomic E-state index is -1.19. The molecule has 0 bridgehead atoms. The third-order valence-corrected chi connectivity index (χ3v) is 6.26. The molecule has 0 heterocycles. The minimum Gasteiger partial charge on any atom is -0.507 e. The van der Waals surface area contributed by atoms with Gasteiger partial charge >= 0.3 is 6.09 Å². The molecule has 3 N–H and O–H groups in total. The van der Waals surface area contributed by atoms with E-state index in [1.807, 2.05) is 19.9 Å². The summed E-state index contributed by atoms with van der Waals surface area (Å²) >= 11 is 6.38. The van der Waals surface area contributed by atoms with Crippen LogP contribution in [0.15, 0.2) is 36.4 Å². The second kappa shape index (κ2) is 13.0. The maximum absolute atomic E-state index is 14.0. The molecule has 38 heavy (non-hydrogen) atoms. The van der Waals surface area contributed by atoms with Gasteiger partial charge in [0.25, 0.3) is 5.91 Å². The monoisotopic (exact) mass is 545 g/mol. The van der Waals surface area contributed by atoms with Crippen LogP contribution >= 0.6 is 11.6 Å². The first-order valence-electron chi connectivity index (χ1n) is 12.8. The second-order valence-electron chi connectivity index (χ2n) is 10.7. The van der Waals surface area contributed by atoms with Crippen LogP contribution in [-0.4, -0.2) is 46.1 Å². The molecule has 0 aliphatic rings. The average molecular weight is 546 g/mol. The van der Waals surface area contributed by atoms with Crippen LogP contribution in [0, 0.1) is 19.8 Å². The Morgan fingerprint density at radius 3 is 2.21 bits per heavy atom. The third kappa shape index (κ3) is 7.87. The number of benzene rings is 2. The van der Waals surface area contributed by atoms with Gasteiger partial charge in [0.2, 0.25) is 5.91 Å². The Balaban J connectivity index is 2.59. The molecule has 9 heteroatoms. The summed E-state index contributed by atoms with van der Waals surface area (Å²) in [6.07, 6.45) is -0.197. The number of nitrogens with zero attached hydrogens (tertiary/aromatic N) is 1. The zero-order valence-corrected chi connectivity index (χ0v) is 24.3. The molecule has 0 saturated carbocycles. The van der Waals surface area contributed by atoms with Gasteiger partial charge in [-0.25, -0.2) is 4.79 Å². The SMILES string of the molecule is CCCN(C(=O)C(NC(=O)OC(C)(C)C)C(C)C)C(C(=O)Nc1c(C)cccc1Cl)c1cccc(C)c1O. The van der Waals surface area contributed by atoms with Crippen LogP contribution in [-0.2, 0) is 14.3 Å². The molecule has 2 aromatic carbocycles. The Morgan fingerprint density at radius 1 is 1.05 bits per heavy atom. The molecule has 0 aliphatic heterocycles. The maximum atomic E-state index is 14.0. The highest BCUT2D eigenvalue weighted by Gasteiger charge is 2.38. The highest BCUT2D eigenvalue weighted by atomic mass is 35.5. The lowest BCUT2D eigenvalue weighted by Crippen LogP contribution is -2.54. The van der Waals surface area contributed by atoms with Gasteiger partial charge in [-0.1, -0.05) is 62.7 Å². The molecule has 3 amide bonds. The largest absolute Gasteiger partial charge is 0.507 e. The minimum absolute atomic E-state index is 0.0846. The van der Waals surface area contributed by atoms with E-state index in [0.717, 1.165) is 5.56 Å². The lowest BCUT2D eigenvalue weighted by Gasteiger charge is -2.36. The molecular formula is C29H40ClN3O5. The molecule has 2 aromatic rings. The van der Waals surface area contributed by atoms with Gasteiger partial charge in [-0.15, -0.1) is 0 Å². The molecule has 8 nitrogen and oxygen atoms in total. The molecule has 0 saturated heterocycles. The number of anilines is 1. The van der Waals surface area contributed by atoms with Gasteiger partial charge in [-0.3, -0.25) is 9.59 Å². The third-order valence-electron chi connectivity index (χ3n) is 5.95. The fraction of sp³-hybridized carbons (Fsp3) is 0.483. The Morgan fingerprint density at radius 2 is 1.66 bits per heavy atom. The Labute approximate surface area is 230 Å². The summed E-state index contributed by atoms with van der Waals surface area (Å²) < 4.78 is 5.39. The van der Waals surface area contributed by atoms with Crippen LogP contribution in [0.4, 0.5) is 10.5 Å². The first-order valence-corrected chi connectivity index (χ1v) is 13.2. The number of carbonyl (C=O) groups excluding carboxylic acids is 3. The molecule has 0 fully saturated rings. The second-order valence-corrected chi connectivity index (χ2v) is 11.1. The zero-order chi connectivity index (χ0) is 28.8. The number of rotatable bonds is 9. The van der Waals surface area contributed by atoms with Gasteiger partial charge < -0.3 is 25.4 Å². The van der Waals surface area contributed by atoms with Crippen LogP contribution in [0.1, 0.15) is 70.7 Å². The summed E-state index contributed by atoms with van der Waals surface area (Å²) in [5, 5.41) is 16.9. The van der Waals surface area contributed by atoms with Crippen molar-refractivity contribution in [1.29, 1.82) is 0 Å². The fourth-order valence-corrected chi connectivity index (χ4v) is 4.34. The molecule has 0 spiro atoms. The molecule has 2 atom stereocenters. The van der Waals surface area contributed by atoms with Crippen molar-refractivity contribution < 1.29 is 24.2 Å². The molecule has 208 valence electrons. The predicted octanol–water partition coefficient (Wildman–Crippen LogP) is 6.13. The molecular weight excluding hydrogens is 506 g/mol. The number of alkyl carbamates (subject to hydrolysis) is 1. The molecule has 2 unspecified atom stereocenters. The average Bonchev–Trinajstić information content (AvgIpc) is 2.80. The van der Waals surface area contributed by atoms with Gasteiger partial charge in [0, 0.05) is 12.1 Å². The van der Waals surface area contributed by atoms with Crippen molar-refractivity contribution in [2.75, 3.05) is 11.9 Å². The number of phenolic OH excluding ortho intramolecular Hbond substituents is 1. The first kappa shape index (κ1) is 31.0. The number of aryl methyl sites for hydroxylation is 2. The molecule has 0 radical (unpaired) electrons. The van der Waals surface area contributed by atoms with Crippen molar-refractivity contribution in [2.24, 2.45) is 5.92 Å². The van der Waals surface area contributed by atoms with E-state index in [1.54, 1.807) is 71.9 Å². The Hall–Kier alpha value is -3.26. The van der Waals surface area contributed by atoms with Crippen molar-refractivity contribution in [1.82, 2.24) is 10.2 Å². The quantitative estimate of drug-likeness (QED) is 0.351. The van der Waals surface area contributed by atoms with Gasteiger partial charge in [-0.2, -0.15) is 0 Å². The van der Waals surface area contributed by atoms with Crippen molar-refractivity contribution in [3.8, 4) is 5.75 Å². The van der Waals surface area contributed by atoms with E-state index < -0.39 is 35.6 Å². The number of aromatic hydroxyl groups is 1. The van der Waals surface area contributed by atoms with Crippen LogP contribution in [0.3, 0.4) is 0 Å². The number of ether oxygens (including phenoxy) is 1. The molecule has 2 rings (SSSR count). The van der Waals surface area contributed by atoms with E-state index in [0.29, 0.717) is 22.7 Å². The lowest BCUT2D eigenvalue weighted by atomic mass is 9.96. The van der Waals surface area contributed by atoms with Gasteiger partial charge in [0.05, 0.1) is 10.7 Å². The van der Waals surface area contributed by atoms with E-state index in [1.165, 1.54) is 4.90 Å². The van der Waals surface area contributed by atoms with Crippen LogP contribution < -0.4 is 10.6 Å². The van der Waals surface area contributed by atoms with E-state index in [4.69, 9.17) is 16.3 Å². The zero-order valence-electron chi connectivity index (χ0n) is 23.5. The number of nitrogens with one attached hydrogen (secondary N) is 2. The summed E-state index contributed by atoms with van der Waals surface area (Å²) in [4.78, 5) is 42.0. The summed E-state index contributed by atoms with van der Waals surface area (Å²) in [5.74, 6) is -1.40. The molecule has 0 aromatic heterocycles. The number of para-hydroxylation sites is 2. The maximum Gasteiger partial charge on any atom is 0.408 e. The number of hydrogen-bond acceptors (Lipinski definition) is 5. The lowest BCUT2D eigenvalue weighted by molar-refractivity contribution is -0.141. The highest BCUT2D eigenvalue weighted by Crippen LogP contribution is 2.35. The standard InChI is InChI=1S/C29H40ClN3O5/c1-9-16-33(27(36)22(17(2)3)32-28(37)38-29(6,7)8)24(20-14-10-13-19(5)25(20)34)26(35)31-23-18(4)12-11-15-21(23)30/h10-15,17,22,24,34H,9,16H2,1-8H3,(H,31,35)(H,32,37). The summed E-state index contributed by atoms with van der Waals surface area (Å²) in [6.45, 7) is 14.4. The predicted molar refractivity (Wildman–Crippen MR) is 150 cm³/mol. The topological polar surface area (TPSA) is 108 Å². The molecule has 0 aliphatic carbocycles. The van der Waals surface area contributed by atoms with Gasteiger partial charge in [0.1, 0.15) is 23.4 Å². The number of phenols is 1. The van der Waals surface area contributed by atoms with Crippen molar-refractivity contribution >= 4 is 35.2 Å². The smallest absolute Gasteiger partial charge is 0.408 e. The van der Waals surface area contributed by atoms with Crippen molar-refractivity contribution in [3.63, 3.8) is 0 Å². The van der Waals surface area contributed by atoms with Gasteiger partial charge in [0.15, 0.2) is 0 Å². The van der Waals surface area contributed by atoms with E-state index >= 15 is 0 Å². The number of hydrogen-bond donors (Lipinski definition) is 3. The summed E-state index contributed by atoms with van der Waals surface area (Å²) in [6, 6.07) is 8.15. The number of halogens is 1. The Kier molecular flexibility index (Phi) is 10.6. The normalized spacial score (nSPS) is 13.0. The number of amides is 3. The summed E-state index contributed by atoms with van der Waals surface area (Å²) in [5.41, 5.74) is 1.25. The van der Waals surface area contributed by atoms with Crippen molar-refractivity contribution in [3.05, 3.63) is 58.1 Å². The number of carbonyl (C=O) groups is 3. The van der Waals surface area contributed by atoms with E-state index in [-0.39, 0.29) is 23.8 Å². The van der Waals surface area contributed by atoms with Crippen LogP contribution in [0.25, 0.3) is 0 Å². The van der Waals surface area contributed by atoms with Gasteiger partial charge in [-0.05, 0) is 64.2 Å². The fourth-order valence-electron chi connectivity index (χ4n) is 4.07. The Bertz CT molecular complexity index is 1140. The first-order chi connectivity index (χ1) is 17.7. The van der Waals surface area contributed by atoms with Crippen LogP contribution in [0.5, 0.6) is 5.75 Å². The van der Waals surface area contributed by atoms with E-state index in [9.17, 15) is 19.5 Å². The van der Waals surface area contributed by atoms with Crippen molar-refractivity contribution in [2.45, 2.75) is 79.5 Å². The van der Waals surface area contributed by atoms with E-state index in [2.05, 4.69) is 10.6 Å². The summed E-state index contributed by atoms with van der Waals surface area (Å²) in [7, 11) is 0.